The van der Waals surface area contributed by atoms with Gasteiger partial charge in [0.05, 0.1) is 16.3 Å². The van der Waals surface area contributed by atoms with Crippen LogP contribution in [0.2, 0.25) is 0 Å². The first-order chi connectivity index (χ1) is 10.8. The monoisotopic (exact) mass is 354 g/mol. The molecule has 0 fully saturated rings. The molecule has 5 nitrogen and oxygen atoms in total. The van der Waals surface area contributed by atoms with E-state index in [1.165, 1.54) is 15.6 Å². The first-order valence-electron chi connectivity index (χ1n) is 7.59. The van der Waals surface area contributed by atoms with Gasteiger partial charge in [-0.05, 0) is 49.9 Å². The van der Waals surface area contributed by atoms with Crippen LogP contribution in [-0.2, 0) is 10.0 Å². The molecule has 23 heavy (non-hydrogen) atoms. The Morgan fingerprint density at radius 1 is 1.30 bits per heavy atom. The number of carbonyl (C=O) groups is 1. The number of amides is 1. The minimum Gasteiger partial charge on any atom is -0.349 e. The zero-order chi connectivity index (χ0) is 17.2. The lowest BCUT2D eigenvalue weighted by Gasteiger charge is -2.18. The maximum Gasteiger partial charge on any atom is 0.261 e. The second-order valence-electron chi connectivity index (χ2n) is 5.48. The van der Waals surface area contributed by atoms with Gasteiger partial charge < -0.3 is 5.32 Å². The van der Waals surface area contributed by atoms with Gasteiger partial charge in [-0.3, -0.25) is 9.10 Å². The van der Waals surface area contributed by atoms with Crippen molar-refractivity contribution in [1.29, 1.82) is 0 Å². The maximum absolute atomic E-state index is 12.2. The number of hydrogen-bond acceptors (Lipinski definition) is 4. The van der Waals surface area contributed by atoms with Crippen LogP contribution in [0.4, 0.5) is 5.69 Å². The van der Waals surface area contributed by atoms with Crippen LogP contribution in [0.25, 0.3) is 10.1 Å². The van der Waals surface area contributed by atoms with E-state index in [-0.39, 0.29) is 17.7 Å². The van der Waals surface area contributed by atoms with Gasteiger partial charge in [-0.1, -0.05) is 6.92 Å². The molecule has 1 atom stereocenters. The van der Waals surface area contributed by atoms with E-state index >= 15 is 0 Å². The Labute approximate surface area is 141 Å². The average molecular weight is 354 g/mol. The van der Waals surface area contributed by atoms with Gasteiger partial charge in [0.2, 0.25) is 10.0 Å². The highest BCUT2D eigenvalue weighted by atomic mass is 32.2. The Balaban J connectivity index is 2.33. The average Bonchev–Trinajstić information content (AvgIpc) is 2.97. The number of anilines is 1. The van der Waals surface area contributed by atoms with Crippen LogP contribution in [0.1, 0.15) is 36.9 Å². The number of thiophene rings is 1. The van der Waals surface area contributed by atoms with Crippen molar-refractivity contribution in [3.8, 4) is 0 Å². The molecule has 1 N–H and O–H groups in total. The molecule has 7 heteroatoms. The van der Waals surface area contributed by atoms with Crippen molar-refractivity contribution in [3.05, 3.63) is 29.1 Å². The molecule has 0 aliphatic rings. The molecule has 126 valence electrons. The second kappa shape index (κ2) is 6.88. The van der Waals surface area contributed by atoms with Gasteiger partial charge in [0, 0.05) is 17.8 Å². The molecule has 0 aliphatic carbocycles. The molecule has 0 radical (unpaired) electrons. The van der Waals surface area contributed by atoms with E-state index < -0.39 is 10.0 Å². The zero-order valence-corrected chi connectivity index (χ0v) is 15.4. The SMILES string of the molecule is CC[C@@H](C)NC(=O)c1cc2cc(N(C)S(=O)(=O)CC)ccc2s1. The van der Waals surface area contributed by atoms with Gasteiger partial charge in [0.1, 0.15) is 0 Å². The summed E-state index contributed by atoms with van der Waals surface area (Å²) in [6, 6.07) is 7.37. The first kappa shape index (κ1) is 17.7. The van der Waals surface area contributed by atoms with Gasteiger partial charge in [-0.2, -0.15) is 0 Å². The lowest BCUT2D eigenvalue weighted by molar-refractivity contribution is 0.0943. The summed E-state index contributed by atoms with van der Waals surface area (Å²) in [7, 11) is -1.75. The number of sulfonamides is 1. The predicted octanol–water partition coefficient (Wildman–Crippen LogP) is 3.22. The largest absolute Gasteiger partial charge is 0.349 e. The van der Waals surface area contributed by atoms with Crippen LogP contribution >= 0.6 is 11.3 Å². The number of nitrogens with zero attached hydrogens (tertiary/aromatic N) is 1. The van der Waals surface area contributed by atoms with Crippen molar-refractivity contribution in [3.63, 3.8) is 0 Å². The van der Waals surface area contributed by atoms with E-state index in [2.05, 4.69) is 5.32 Å². The van der Waals surface area contributed by atoms with E-state index in [0.29, 0.717) is 10.6 Å². The smallest absolute Gasteiger partial charge is 0.261 e. The zero-order valence-electron chi connectivity index (χ0n) is 13.8. The summed E-state index contributed by atoms with van der Waals surface area (Å²) >= 11 is 1.41. The quantitative estimate of drug-likeness (QED) is 0.866. The molecule has 2 aromatic rings. The van der Waals surface area contributed by atoms with E-state index in [4.69, 9.17) is 0 Å². The van der Waals surface area contributed by atoms with Crippen molar-refractivity contribution < 1.29 is 13.2 Å². The van der Waals surface area contributed by atoms with E-state index in [0.717, 1.165) is 16.5 Å². The second-order valence-corrected chi connectivity index (χ2v) is 8.86. The molecular formula is C16H22N2O3S2. The van der Waals surface area contributed by atoms with Crippen LogP contribution in [0.15, 0.2) is 24.3 Å². The summed E-state index contributed by atoms with van der Waals surface area (Å²) in [6.45, 7) is 5.60. The van der Waals surface area contributed by atoms with E-state index in [1.807, 2.05) is 26.0 Å². The predicted molar refractivity (Wildman–Crippen MR) is 96.9 cm³/mol. The number of rotatable bonds is 6. The Morgan fingerprint density at radius 2 is 2.00 bits per heavy atom. The summed E-state index contributed by atoms with van der Waals surface area (Å²) in [6.07, 6.45) is 0.875. The molecule has 1 aromatic heterocycles. The topological polar surface area (TPSA) is 66.5 Å². The summed E-state index contributed by atoms with van der Waals surface area (Å²) in [5, 5.41) is 3.82. The molecule has 0 spiro atoms. The van der Waals surface area contributed by atoms with Crippen molar-refractivity contribution in [2.45, 2.75) is 33.2 Å². The lowest BCUT2D eigenvalue weighted by atomic mass is 10.2. The third-order valence-electron chi connectivity index (χ3n) is 3.86. The summed E-state index contributed by atoms with van der Waals surface area (Å²) in [5.74, 6) is -0.0371. The van der Waals surface area contributed by atoms with Gasteiger partial charge >= 0.3 is 0 Å². The normalized spacial score (nSPS) is 13.0. The number of benzene rings is 1. The molecule has 0 unspecified atom stereocenters. The molecule has 1 amide bonds. The molecule has 0 bridgehead atoms. The minimum atomic E-state index is -3.29. The van der Waals surface area contributed by atoms with Crippen LogP contribution in [0.5, 0.6) is 0 Å². The summed E-state index contributed by atoms with van der Waals surface area (Å²) in [4.78, 5) is 12.8. The Morgan fingerprint density at radius 3 is 2.61 bits per heavy atom. The first-order valence-corrected chi connectivity index (χ1v) is 10.0. The van der Waals surface area contributed by atoms with Crippen LogP contribution < -0.4 is 9.62 Å². The molecular weight excluding hydrogens is 332 g/mol. The molecule has 0 aliphatic heterocycles. The standard InChI is InChI=1S/C16H22N2O3S2/c1-5-11(3)17-16(19)15-10-12-9-13(7-8-14(12)22-15)18(4)23(20,21)6-2/h7-11H,5-6H2,1-4H3,(H,17,19)/t11-/m1/s1. The fourth-order valence-electron chi connectivity index (χ4n) is 2.09. The summed E-state index contributed by atoms with van der Waals surface area (Å²) in [5.41, 5.74) is 0.603. The third kappa shape index (κ3) is 3.84. The highest BCUT2D eigenvalue weighted by Crippen LogP contribution is 2.30. The number of hydrogen-bond donors (Lipinski definition) is 1. The molecule has 0 saturated carbocycles. The van der Waals surface area contributed by atoms with E-state index in [1.54, 1.807) is 26.1 Å². The Hall–Kier alpha value is -1.60. The van der Waals surface area contributed by atoms with Crippen LogP contribution in [0.3, 0.4) is 0 Å². The van der Waals surface area contributed by atoms with Gasteiger partial charge in [0.25, 0.3) is 5.91 Å². The maximum atomic E-state index is 12.2. The van der Waals surface area contributed by atoms with Gasteiger partial charge in [-0.15, -0.1) is 11.3 Å². The number of carbonyl (C=O) groups excluding carboxylic acids is 1. The van der Waals surface area contributed by atoms with Crippen LogP contribution in [0, 0.1) is 0 Å². The lowest BCUT2D eigenvalue weighted by Crippen LogP contribution is -2.31. The number of fused-ring (bicyclic) bond motifs is 1. The molecule has 0 saturated heterocycles. The van der Waals surface area contributed by atoms with Gasteiger partial charge in [-0.25, -0.2) is 8.42 Å². The summed E-state index contributed by atoms with van der Waals surface area (Å²) < 4.78 is 26.2. The van der Waals surface area contributed by atoms with Crippen molar-refractivity contribution in [1.82, 2.24) is 5.32 Å². The Kier molecular flexibility index (Phi) is 5.31. The highest BCUT2D eigenvalue weighted by molar-refractivity contribution is 7.92. The van der Waals surface area contributed by atoms with Crippen molar-refractivity contribution >= 4 is 43.0 Å². The third-order valence-corrected chi connectivity index (χ3v) is 6.75. The van der Waals surface area contributed by atoms with E-state index in [9.17, 15) is 13.2 Å². The van der Waals surface area contributed by atoms with Gasteiger partial charge in [0.15, 0.2) is 0 Å². The van der Waals surface area contributed by atoms with Crippen molar-refractivity contribution in [2.75, 3.05) is 17.1 Å². The fraction of sp³-hybridized carbons (Fsp3) is 0.438. The highest BCUT2D eigenvalue weighted by Gasteiger charge is 2.17. The Bertz CT molecular complexity index is 812. The van der Waals surface area contributed by atoms with Crippen LogP contribution in [-0.4, -0.2) is 33.2 Å². The molecule has 2 rings (SSSR count). The minimum absolute atomic E-state index is 0.0493. The fourth-order valence-corrected chi connectivity index (χ4v) is 3.86. The molecule has 1 heterocycles. The molecule has 1 aromatic carbocycles. The van der Waals surface area contributed by atoms with Crippen molar-refractivity contribution in [2.24, 2.45) is 0 Å². The number of nitrogens with one attached hydrogen (secondary N) is 1.